The number of phenolic OH excluding ortho intramolecular Hbond substituents is 1. The Morgan fingerprint density at radius 2 is 1.88 bits per heavy atom. The number of amides is 1. The lowest BCUT2D eigenvalue weighted by Gasteiger charge is -2.16. The van der Waals surface area contributed by atoms with E-state index in [-0.39, 0.29) is 28.0 Å². The normalized spacial score (nSPS) is 14.6. The van der Waals surface area contributed by atoms with Crippen LogP contribution in [0.4, 0.5) is 11.4 Å². The number of hydrogen-bond donors (Lipinski definition) is 2. The van der Waals surface area contributed by atoms with Crippen molar-refractivity contribution < 1.29 is 23.1 Å². The first-order valence-corrected chi connectivity index (χ1v) is 9.19. The molecule has 1 saturated heterocycles. The highest BCUT2D eigenvalue weighted by Crippen LogP contribution is 2.30. The molecule has 2 N–H and O–H groups in total. The molecule has 25 heavy (non-hydrogen) atoms. The number of aromatic hydroxyl groups is 1. The van der Waals surface area contributed by atoms with Gasteiger partial charge >= 0.3 is 0 Å². The number of sulfonamides is 1. The van der Waals surface area contributed by atoms with Crippen LogP contribution in [0.3, 0.4) is 0 Å². The lowest BCUT2D eigenvalue weighted by Crippen LogP contribution is -2.23. The molecule has 1 amide bonds. The number of ether oxygens (including phenoxy) is 1. The van der Waals surface area contributed by atoms with Gasteiger partial charge in [0.2, 0.25) is 5.91 Å². The highest BCUT2D eigenvalue weighted by molar-refractivity contribution is 7.92. The standard InChI is InChI=1S/C17H18N2O5S/c1-24-16-9-4-12(11-15(16)20)18-25(22,23)14-7-5-13(6-8-14)19-10-2-3-17(19)21/h4-9,11,18,20H,2-3,10H2,1H3. The molecular formula is C17H18N2O5S. The van der Waals surface area contributed by atoms with Crippen molar-refractivity contribution in [2.24, 2.45) is 0 Å². The van der Waals surface area contributed by atoms with Gasteiger partial charge in [-0.15, -0.1) is 0 Å². The van der Waals surface area contributed by atoms with Crippen LogP contribution in [0.15, 0.2) is 47.4 Å². The second-order valence-corrected chi connectivity index (χ2v) is 7.32. The first-order chi connectivity index (χ1) is 11.9. The van der Waals surface area contributed by atoms with E-state index < -0.39 is 10.0 Å². The quantitative estimate of drug-likeness (QED) is 0.851. The van der Waals surface area contributed by atoms with Crippen molar-refractivity contribution in [3.8, 4) is 11.5 Å². The molecule has 0 spiro atoms. The fourth-order valence-corrected chi connectivity index (χ4v) is 3.74. The van der Waals surface area contributed by atoms with Crippen molar-refractivity contribution in [3.05, 3.63) is 42.5 Å². The van der Waals surface area contributed by atoms with E-state index >= 15 is 0 Å². The van der Waals surface area contributed by atoms with Gasteiger partial charge in [-0.1, -0.05) is 0 Å². The van der Waals surface area contributed by atoms with Crippen molar-refractivity contribution in [1.29, 1.82) is 0 Å². The average molecular weight is 362 g/mol. The lowest BCUT2D eigenvalue weighted by molar-refractivity contribution is -0.117. The van der Waals surface area contributed by atoms with Crippen molar-refractivity contribution >= 4 is 27.3 Å². The number of nitrogens with zero attached hydrogens (tertiary/aromatic N) is 1. The maximum absolute atomic E-state index is 12.5. The first-order valence-electron chi connectivity index (χ1n) is 7.71. The molecule has 132 valence electrons. The van der Waals surface area contributed by atoms with Crippen molar-refractivity contribution in [1.82, 2.24) is 0 Å². The maximum Gasteiger partial charge on any atom is 0.261 e. The molecule has 7 nitrogen and oxygen atoms in total. The SMILES string of the molecule is COc1ccc(NS(=O)(=O)c2ccc(N3CCCC3=O)cc2)cc1O. The molecule has 0 unspecified atom stereocenters. The van der Waals surface area contributed by atoms with Crippen LogP contribution in [-0.2, 0) is 14.8 Å². The van der Waals surface area contributed by atoms with Crippen LogP contribution in [0.5, 0.6) is 11.5 Å². The minimum atomic E-state index is -3.81. The Morgan fingerprint density at radius 3 is 2.44 bits per heavy atom. The molecule has 0 bridgehead atoms. The predicted molar refractivity (Wildman–Crippen MR) is 93.5 cm³/mol. The van der Waals surface area contributed by atoms with Crippen LogP contribution in [0, 0.1) is 0 Å². The summed E-state index contributed by atoms with van der Waals surface area (Å²) in [6, 6.07) is 10.4. The Hall–Kier alpha value is -2.74. The average Bonchev–Trinajstić information content (AvgIpc) is 3.01. The number of anilines is 2. The third-order valence-corrected chi connectivity index (χ3v) is 5.36. The van der Waals surface area contributed by atoms with Crippen LogP contribution < -0.4 is 14.4 Å². The molecule has 2 aromatic rings. The van der Waals surface area contributed by atoms with Crippen molar-refractivity contribution in [2.75, 3.05) is 23.3 Å². The Kier molecular flexibility index (Phi) is 4.54. The molecule has 8 heteroatoms. The van der Waals surface area contributed by atoms with E-state index in [0.717, 1.165) is 6.42 Å². The zero-order chi connectivity index (χ0) is 18.0. The minimum Gasteiger partial charge on any atom is -0.504 e. The maximum atomic E-state index is 12.5. The topological polar surface area (TPSA) is 95.9 Å². The molecule has 1 heterocycles. The molecule has 0 radical (unpaired) electrons. The second kappa shape index (κ2) is 6.64. The number of phenols is 1. The van der Waals surface area contributed by atoms with E-state index in [1.165, 1.54) is 37.4 Å². The van der Waals surface area contributed by atoms with Gasteiger partial charge in [-0.2, -0.15) is 0 Å². The summed E-state index contributed by atoms with van der Waals surface area (Å²) in [7, 11) is -2.40. The molecule has 2 aromatic carbocycles. The third-order valence-electron chi connectivity index (χ3n) is 3.96. The number of nitrogens with one attached hydrogen (secondary N) is 1. The molecule has 1 aliphatic heterocycles. The Balaban J connectivity index is 1.80. The van der Waals surface area contributed by atoms with Gasteiger partial charge in [0.1, 0.15) is 0 Å². The number of rotatable bonds is 5. The summed E-state index contributed by atoms with van der Waals surface area (Å²) < 4.78 is 32.2. The van der Waals surface area contributed by atoms with Crippen LogP contribution in [0.2, 0.25) is 0 Å². The van der Waals surface area contributed by atoms with Crippen molar-refractivity contribution in [2.45, 2.75) is 17.7 Å². The Bertz CT molecular complexity index is 894. The molecule has 0 aliphatic carbocycles. The zero-order valence-corrected chi connectivity index (χ0v) is 14.4. The van der Waals surface area contributed by atoms with E-state index in [1.54, 1.807) is 17.0 Å². The highest BCUT2D eigenvalue weighted by Gasteiger charge is 2.22. The van der Waals surface area contributed by atoms with Gasteiger partial charge < -0.3 is 14.7 Å². The van der Waals surface area contributed by atoms with Gasteiger partial charge in [0.15, 0.2) is 11.5 Å². The largest absolute Gasteiger partial charge is 0.504 e. The fourth-order valence-electron chi connectivity index (χ4n) is 2.69. The fraction of sp³-hybridized carbons (Fsp3) is 0.235. The Morgan fingerprint density at radius 1 is 1.16 bits per heavy atom. The van der Waals surface area contributed by atoms with E-state index in [0.29, 0.717) is 18.7 Å². The summed E-state index contributed by atoms with van der Waals surface area (Å²) in [5.74, 6) is 0.135. The molecule has 1 aliphatic rings. The molecule has 0 atom stereocenters. The van der Waals surface area contributed by atoms with Crippen LogP contribution in [0.1, 0.15) is 12.8 Å². The second-order valence-electron chi connectivity index (χ2n) is 5.63. The number of carbonyl (C=O) groups excluding carboxylic acids is 1. The smallest absolute Gasteiger partial charge is 0.261 e. The molecule has 0 aromatic heterocycles. The van der Waals surface area contributed by atoms with Crippen molar-refractivity contribution in [3.63, 3.8) is 0 Å². The Labute approximate surface area is 145 Å². The molecule has 1 fully saturated rings. The van der Waals surface area contributed by atoms with E-state index in [4.69, 9.17) is 4.74 Å². The van der Waals surface area contributed by atoms with Crippen LogP contribution >= 0.6 is 0 Å². The van der Waals surface area contributed by atoms with Crippen LogP contribution in [0.25, 0.3) is 0 Å². The molecule has 0 saturated carbocycles. The summed E-state index contributed by atoms with van der Waals surface area (Å²) in [4.78, 5) is 13.5. The van der Waals surface area contributed by atoms with Gasteiger partial charge in [0.05, 0.1) is 17.7 Å². The van der Waals surface area contributed by atoms with Crippen LogP contribution in [-0.4, -0.2) is 33.1 Å². The van der Waals surface area contributed by atoms with E-state index in [1.807, 2.05) is 0 Å². The first kappa shape index (κ1) is 17.1. The van der Waals surface area contributed by atoms with E-state index in [9.17, 15) is 18.3 Å². The minimum absolute atomic E-state index is 0.0439. The summed E-state index contributed by atoms with van der Waals surface area (Å²) in [5, 5.41) is 9.74. The number of methoxy groups -OCH3 is 1. The van der Waals surface area contributed by atoms with Gasteiger partial charge in [-0.3, -0.25) is 9.52 Å². The lowest BCUT2D eigenvalue weighted by atomic mass is 10.3. The van der Waals surface area contributed by atoms with Gasteiger partial charge in [-0.05, 0) is 42.8 Å². The summed E-state index contributed by atoms with van der Waals surface area (Å²) in [6.45, 7) is 0.647. The number of hydrogen-bond acceptors (Lipinski definition) is 5. The van der Waals surface area contributed by atoms with E-state index in [2.05, 4.69) is 4.72 Å². The number of carbonyl (C=O) groups is 1. The molecule has 3 rings (SSSR count). The van der Waals surface area contributed by atoms with Gasteiger partial charge in [-0.25, -0.2) is 8.42 Å². The summed E-state index contributed by atoms with van der Waals surface area (Å²) in [6.07, 6.45) is 1.32. The summed E-state index contributed by atoms with van der Waals surface area (Å²) >= 11 is 0. The monoisotopic (exact) mass is 362 g/mol. The van der Waals surface area contributed by atoms with Gasteiger partial charge in [0.25, 0.3) is 10.0 Å². The third kappa shape index (κ3) is 3.53. The number of benzene rings is 2. The summed E-state index contributed by atoms with van der Waals surface area (Å²) in [5.41, 5.74) is 0.903. The molecular weight excluding hydrogens is 344 g/mol. The zero-order valence-electron chi connectivity index (χ0n) is 13.6. The highest BCUT2D eigenvalue weighted by atomic mass is 32.2. The predicted octanol–water partition coefficient (Wildman–Crippen LogP) is 2.33. The van der Waals surface area contributed by atoms with Gasteiger partial charge in [0, 0.05) is 24.7 Å².